The number of hydrogen-bond donors (Lipinski definition) is 2. The van der Waals surface area contributed by atoms with E-state index in [0.717, 1.165) is 0 Å². The molecule has 0 fully saturated rings. The first-order valence-corrected chi connectivity index (χ1v) is 7.94. The van der Waals surface area contributed by atoms with Crippen molar-refractivity contribution in [1.29, 1.82) is 0 Å². The number of aliphatic hydroxyl groups is 1. The van der Waals surface area contributed by atoms with Crippen LogP contribution in [0.2, 0.25) is 0 Å². The molecule has 0 bridgehead atoms. The Balaban J connectivity index is 1.75. The second-order valence-electron chi connectivity index (χ2n) is 6.23. The van der Waals surface area contributed by atoms with Crippen molar-refractivity contribution in [1.82, 2.24) is 5.32 Å². The van der Waals surface area contributed by atoms with E-state index >= 15 is 0 Å². The lowest BCUT2D eigenvalue weighted by Gasteiger charge is -2.24. The van der Waals surface area contributed by atoms with Gasteiger partial charge in [-0.1, -0.05) is 12.1 Å². The van der Waals surface area contributed by atoms with Crippen molar-refractivity contribution in [2.75, 3.05) is 13.3 Å². The van der Waals surface area contributed by atoms with Gasteiger partial charge in [-0.2, -0.15) is 0 Å². The molecule has 1 aliphatic heterocycles. The SMILES string of the molecule is Cc1c(C(=O)NCC(C)(O)c2ccc3c(c2)OCO3)cccc1[N+](=O)[O-]. The van der Waals surface area contributed by atoms with E-state index in [2.05, 4.69) is 5.32 Å². The minimum atomic E-state index is -1.36. The minimum absolute atomic E-state index is 0.0758. The first kappa shape index (κ1) is 17.7. The summed E-state index contributed by atoms with van der Waals surface area (Å²) in [6.45, 7) is 3.13. The lowest BCUT2D eigenvalue weighted by atomic mass is 9.95. The number of nitro benzene ring substituents is 1. The molecule has 0 saturated heterocycles. The number of carbonyl (C=O) groups is 1. The van der Waals surface area contributed by atoms with Gasteiger partial charge >= 0.3 is 0 Å². The van der Waals surface area contributed by atoms with E-state index in [0.29, 0.717) is 17.1 Å². The molecule has 1 unspecified atom stereocenters. The van der Waals surface area contributed by atoms with Crippen molar-refractivity contribution < 1.29 is 24.3 Å². The second-order valence-corrected chi connectivity index (χ2v) is 6.23. The molecule has 2 aromatic rings. The highest BCUT2D eigenvalue weighted by molar-refractivity contribution is 5.96. The third kappa shape index (κ3) is 3.31. The number of benzene rings is 2. The number of carbonyl (C=O) groups excluding carboxylic acids is 1. The first-order chi connectivity index (χ1) is 12.3. The summed E-state index contributed by atoms with van der Waals surface area (Å²) in [4.78, 5) is 22.9. The van der Waals surface area contributed by atoms with Gasteiger partial charge in [-0.05, 0) is 37.6 Å². The molecule has 0 aliphatic carbocycles. The van der Waals surface area contributed by atoms with Gasteiger partial charge < -0.3 is 19.9 Å². The summed E-state index contributed by atoms with van der Waals surface area (Å²) in [5, 5.41) is 24.3. The molecule has 1 aliphatic rings. The third-order valence-electron chi connectivity index (χ3n) is 4.33. The zero-order valence-electron chi connectivity index (χ0n) is 14.3. The second kappa shape index (κ2) is 6.64. The number of hydrogen-bond acceptors (Lipinski definition) is 6. The third-order valence-corrected chi connectivity index (χ3v) is 4.33. The highest BCUT2D eigenvalue weighted by Gasteiger charge is 2.27. The number of rotatable bonds is 5. The number of nitrogens with zero attached hydrogens (tertiary/aromatic N) is 1. The number of nitro groups is 1. The lowest BCUT2D eigenvalue weighted by molar-refractivity contribution is -0.385. The predicted molar refractivity (Wildman–Crippen MR) is 92.3 cm³/mol. The molecule has 1 amide bonds. The van der Waals surface area contributed by atoms with Crippen molar-refractivity contribution in [3.05, 3.63) is 63.2 Å². The fourth-order valence-electron chi connectivity index (χ4n) is 2.75. The number of nitrogens with one attached hydrogen (secondary N) is 1. The van der Waals surface area contributed by atoms with Gasteiger partial charge in [0, 0.05) is 17.2 Å². The lowest BCUT2D eigenvalue weighted by Crippen LogP contribution is -2.38. The Labute approximate surface area is 149 Å². The number of ether oxygens (including phenoxy) is 2. The van der Waals surface area contributed by atoms with E-state index < -0.39 is 16.4 Å². The maximum absolute atomic E-state index is 12.4. The summed E-state index contributed by atoms with van der Waals surface area (Å²) >= 11 is 0. The van der Waals surface area contributed by atoms with Gasteiger partial charge in [-0.3, -0.25) is 14.9 Å². The van der Waals surface area contributed by atoms with Gasteiger partial charge in [0.15, 0.2) is 11.5 Å². The Bertz CT molecular complexity index is 878. The molecule has 0 radical (unpaired) electrons. The molecule has 8 nitrogen and oxygen atoms in total. The van der Waals surface area contributed by atoms with Crippen LogP contribution in [-0.4, -0.2) is 29.3 Å². The molecule has 3 rings (SSSR count). The van der Waals surface area contributed by atoms with E-state index in [1.807, 2.05) is 0 Å². The van der Waals surface area contributed by atoms with Crippen molar-refractivity contribution in [2.45, 2.75) is 19.4 Å². The van der Waals surface area contributed by atoms with Crippen LogP contribution < -0.4 is 14.8 Å². The minimum Gasteiger partial charge on any atom is -0.454 e. The van der Waals surface area contributed by atoms with E-state index in [4.69, 9.17) is 9.47 Å². The topological polar surface area (TPSA) is 111 Å². The van der Waals surface area contributed by atoms with Crippen molar-refractivity contribution in [3.8, 4) is 11.5 Å². The summed E-state index contributed by atoms with van der Waals surface area (Å²) in [7, 11) is 0. The molecular weight excluding hydrogens is 340 g/mol. The summed E-state index contributed by atoms with van der Waals surface area (Å²) in [6, 6.07) is 9.35. The van der Waals surface area contributed by atoms with E-state index in [-0.39, 0.29) is 30.2 Å². The molecule has 0 saturated carbocycles. The van der Waals surface area contributed by atoms with E-state index in [9.17, 15) is 20.0 Å². The summed E-state index contributed by atoms with van der Waals surface area (Å²) in [6.07, 6.45) is 0. The van der Waals surface area contributed by atoms with Crippen LogP contribution in [0.4, 0.5) is 5.69 Å². The largest absolute Gasteiger partial charge is 0.454 e. The molecule has 2 aromatic carbocycles. The van der Waals surface area contributed by atoms with Crippen LogP contribution in [0, 0.1) is 17.0 Å². The van der Waals surface area contributed by atoms with Crippen LogP contribution in [0.5, 0.6) is 11.5 Å². The van der Waals surface area contributed by atoms with Gasteiger partial charge in [0.1, 0.15) is 5.60 Å². The van der Waals surface area contributed by atoms with Crippen LogP contribution in [0.1, 0.15) is 28.4 Å². The van der Waals surface area contributed by atoms with E-state index in [1.165, 1.54) is 25.1 Å². The quantitative estimate of drug-likeness (QED) is 0.626. The van der Waals surface area contributed by atoms with Gasteiger partial charge in [0.25, 0.3) is 11.6 Å². The fourth-order valence-corrected chi connectivity index (χ4v) is 2.75. The maximum atomic E-state index is 12.4. The zero-order valence-corrected chi connectivity index (χ0v) is 14.3. The van der Waals surface area contributed by atoms with Gasteiger partial charge in [0.2, 0.25) is 6.79 Å². The van der Waals surface area contributed by atoms with Gasteiger partial charge in [-0.15, -0.1) is 0 Å². The Kier molecular flexibility index (Phi) is 4.52. The Morgan fingerprint density at radius 2 is 2.04 bits per heavy atom. The maximum Gasteiger partial charge on any atom is 0.273 e. The molecular formula is C18H18N2O6. The van der Waals surface area contributed by atoms with Crippen LogP contribution in [0.25, 0.3) is 0 Å². The van der Waals surface area contributed by atoms with Crippen LogP contribution in [0.3, 0.4) is 0 Å². The van der Waals surface area contributed by atoms with Gasteiger partial charge in [0.05, 0.1) is 11.5 Å². The van der Waals surface area contributed by atoms with Crippen LogP contribution in [-0.2, 0) is 5.60 Å². The van der Waals surface area contributed by atoms with Crippen LogP contribution >= 0.6 is 0 Å². The van der Waals surface area contributed by atoms with Gasteiger partial charge in [-0.25, -0.2) is 0 Å². The standard InChI is InChI=1S/C18H18N2O6/c1-11-13(4-3-5-14(11)20(23)24)17(21)19-9-18(2,22)12-6-7-15-16(8-12)26-10-25-15/h3-8,22H,9-10H2,1-2H3,(H,19,21). The Hall–Kier alpha value is -3.13. The molecule has 2 N–H and O–H groups in total. The summed E-state index contributed by atoms with van der Waals surface area (Å²) in [5.41, 5.74) is -0.456. The monoisotopic (exact) mass is 358 g/mol. The molecule has 26 heavy (non-hydrogen) atoms. The summed E-state index contributed by atoms with van der Waals surface area (Å²) < 4.78 is 10.5. The molecule has 0 aromatic heterocycles. The smallest absolute Gasteiger partial charge is 0.273 e. The van der Waals surface area contributed by atoms with Crippen LogP contribution in [0.15, 0.2) is 36.4 Å². The number of fused-ring (bicyclic) bond motifs is 1. The first-order valence-electron chi connectivity index (χ1n) is 7.94. The highest BCUT2D eigenvalue weighted by atomic mass is 16.7. The summed E-state index contributed by atoms with van der Waals surface area (Å²) in [5.74, 6) is 0.636. The normalized spacial score (nSPS) is 14.6. The molecule has 8 heteroatoms. The van der Waals surface area contributed by atoms with Crippen molar-refractivity contribution in [2.24, 2.45) is 0 Å². The Morgan fingerprint density at radius 3 is 2.77 bits per heavy atom. The molecule has 136 valence electrons. The molecule has 1 heterocycles. The Morgan fingerprint density at radius 1 is 1.31 bits per heavy atom. The highest BCUT2D eigenvalue weighted by Crippen LogP contribution is 2.35. The fraction of sp³-hybridized carbons (Fsp3) is 0.278. The average Bonchev–Trinajstić information content (AvgIpc) is 3.07. The van der Waals surface area contributed by atoms with E-state index in [1.54, 1.807) is 25.1 Å². The molecule has 1 atom stereocenters. The number of amides is 1. The van der Waals surface area contributed by atoms with Crippen molar-refractivity contribution in [3.63, 3.8) is 0 Å². The average molecular weight is 358 g/mol. The zero-order chi connectivity index (χ0) is 18.9. The molecule has 0 spiro atoms. The van der Waals surface area contributed by atoms with Crippen molar-refractivity contribution >= 4 is 11.6 Å². The predicted octanol–water partition coefficient (Wildman–Crippen LogP) is 2.27.